The quantitative estimate of drug-likeness (QED) is 0.315. The molecule has 2 atom stereocenters. The van der Waals surface area contributed by atoms with Crippen LogP contribution in [0.15, 0.2) is 21.9 Å². The van der Waals surface area contributed by atoms with Crippen LogP contribution in [-0.2, 0) is 25.7 Å². The van der Waals surface area contributed by atoms with E-state index in [0.717, 1.165) is 16.3 Å². The Hall–Kier alpha value is -3.05. The summed E-state index contributed by atoms with van der Waals surface area (Å²) in [4.78, 5) is 46.8. The minimum atomic E-state index is -1.16. The van der Waals surface area contributed by atoms with E-state index in [0.29, 0.717) is 17.1 Å². The molecule has 176 valence electrons. The molecule has 4 rings (SSSR count). The molecule has 3 N–H and O–H groups in total. The molecule has 0 spiro atoms. The Balaban J connectivity index is 0.000000709. The van der Waals surface area contributed by atoms with Gasteiger partial charge in [-0.2, -0.15) is 0 Å². The van der Waals surface area contributed by atoms with Crippen molar-refractivity contribution in [3.05, 3.63) is 22.6 Å². The molecule has 0 aromatic carbocycles. The van der Waals surface area contributed by atoms with E-state index in [9.17, 15) is 19.5 Å². The van der Waals surface area contributed by atoms with Crippen molar-refractivity contribution in [1.82, 2.24) is 40.6 Å². The molecule has 2 aliphatic heterocycles. The van der Waals surface area contributed by atoms with Gasteiger partial charge >= 0.3 is 5.97 Å². The van der Waals surface area contributed by atoms with Crippen molar-refractivity contribution < 1.29 is 29.4 Å². The summed E-state index contributed by atoms with van der Waals surface area (Å²) in [6, 6.07) is -0.779. The molecule has 1 fully saturated rings. The zero-order valence-corrected chi connectivity index (χ0v) is 19.7. The van der Waals surface area contributed by atoms with Gasteiger partial charge in [0.1, 0.15) is 35.0 Å². The predicted molar refractivity (Wildman–Crippen MR) is 116 cm³/mol. The molecule has 2 amide bonds. The van der Waals surface area contributed by atoms with E-state index in [1.807, 2.05) is 6.92 Å². The predicted octanol–water partition coefficient (Wildman–Crippen LogP) is -0.545. The third-order valence-electron chi connectivity index (χ3n) is 4.14. The number of amides is 2. The summed E-state index contributed by atoms with van der Waals surface area (Å²) >= 11 is 4.24. The minimum Gasteiger partial charge on any atom is -0.481 e. The van der Waals surface area contributed by atoms with Gasteiger partial charge in [0.25, 0.3) is 11.9 Å². The van der Waals surface area contributed by atoms with Crippen LogP contribution < -0.4 is 5.32 Å². The first-order chi connectivity index (χ1) is 15.7. The van der Waals surface area contributed by atoms with Gasteiger partial charge in [-0.05, 0) is 22.9 Å². The van der Waals surface area contributed by atoms with E-state index in [-0.39, 0.29) is 12.2 Å². The van der Waals surface area contributed by atoms with E-state index >= 15 is 0 Å². The van der Waals surface area contributed by atoms with Crippen molar-refractivity contribution in [2.24, 2.45) is 0 Å². The second-order valence-corrected chi connectivity index (χ2v) is 10.1. The van der Waals surface area contributed by atoms with Crippen LogP contribution in [-0.4, -0.2) is 92.2 Å². The van der Waals surface area contributed by atoms with Crippen molar-refractivity contribution in [2.45, 2.75) is 36.1 Å². The first-order valence-electron chi connectivity index (χ1n) is 9.20. The van der Waals surface area contributed by atoms with Gasteiger partial charge in [-0.15, -0.1) is 27.1 Å². The monoisotopic (exact) mass is 514 g/mol. The normalized spacial score (nSPS) is 19.2. The van der Waals surface area contributed by atoms with Crippen LogP contribution in [0.3, 0.4) is 0 Å². The summed E-state index contributed by atoms with van der Waals surface area (Å²) in [6.07, 6.45) is 1.29. The highest BCUT2D eigenvalue weighted by atomic mass is 32.2. The molecule has 0 bridgehead atoms. The van der Waals surface area contributed by atoms with Crippen LogP contribution >= 0.6 is 34.9 Å². The molecule has 0 aliphatic carbocycles. The van der Waals surface area contributed by atoms with Crippen LogP contribution in [0.5, 0.6) is 0 Å². The number of carboxylic acid groups (broad SMARTS) is 2. The minimum absolute atomic E-state index is 0.0153. The highest BCUT2D eigenvalue weighted by Crippen LogP contribution is 2.41. The smallest absolute Gasteiger partial charge is 0.352 e. The number of hydrogen-bond acceptors (Lipinski definition) is 12. The van der Waals surface area contributed by atoms with Gasteiger partial charge in [-0.3, -0.25) is 19.3 Å². The van der Waals surface area contributed by atoms with Gasteiger partial charge in [0.05, 0.1) is 0 Å². The van der Waals surface area contributed by atoms with Crippen LogP contribution in [0.4, 0.5) is 0 Å². The molecule has 0 saturated carbocycles. The largest absolute Gasteiger partial charge is 0.481 e. The van der Waals surface area contributed by atoms with Gasteiger partial charge in [0, 0.05) is 18.4 Å². The Morgan fingerprint density at radius 1 is 1.30 bits per heavy atom. The lowest BCUT2D eigenvalue weighted by Gasteiger charge is -2.49. The Bertz CT molecular complexity index is 1080. The number of nitrogens with one attached hydrogen (secondary N) is 1. The maximum absolute atomic E-state index is 12.6. The Morgan fingerprint density at radius 3 is 2.61 bits per heavy atom. The lowest BCUT2D eigenvalue weighted by Crippen LogP contribution is -2.70. The zero-order valence-electron chi connectivity index (χ0n) is 17.2. The fourth-order valence-corrected chi connectivity index (χ4v) is 6.20. The van der Waals surface area contributed by atoms with Crippen LogP contribution in [0, 0.1) is 6.92 Å². The molecule has 33 heavy (non-hydrogen) atoms. The Labute approximate surface area is 198 Å². The number of aryl methyl sites for hydroxylation is 1. The Morgan fingerprint density at radius 2 is 2.03 bits per heavy atom. The fraction of sp³-hybridized carbons (Fsp3) is 0.438. The van der Waals surface area contributed by atoms with E-state index in [4.69, 9.17) is 9.90 Å². The van der Waals surface area contributed by atoms with E-state index in [1.54, 1.807) is 0 Å². The number of aliphatic carboxylic acids is 2. The topological polar surface area (TPSA) is 193 Å². The lowest BCUT2D eigenvalue weighted by atomic mass is 10.0. The van der Waals surface area contributed by atoms with Crippen molar-refractivity contribution >= 4 is 58.6 Å². The average molecular weight is 515 g/mol. The number of carbonyl (C=O) groups is 4. The summed E-state index contributed by atoms with van der Waals surface area (Å²) in [5, 5.41) is 38.5. The standard InChI is InChI=1S/C14H14N8O4S3.C2H4O2/c1-6-17-18-14(29-6)28-4-7-3-27-12-9(11(24)22(12)10(7)13(25)26)16-8(23)2-21-5-15-19-20-21;1-2(3)4/h5,9,12H,2-4H2,1H3,(H,16,23)(H,25,26);1H3,(H,3,4)/t9-,12-;/m1./s1. The van der Waals surface area contributed by atoms with Crippen LogP contribution in [0.25, 0.3) is 0 Å². The number of thioether (sulfide) groups is 2. The highest BCUT2D eigenvalue weighted by molar-refractivity contribution is 8.01. The van der Waals surface area contributed by atoms with Crippen molar-refractivity contribution in [1.29, 1.82) is 0 Å². The van der Waals surface area contributed by atoms with E-state index < -0.39 is 35.2 Å². The SMILES string of the molecule is CC(=O)O.Cc1nnc(SCC2=C(C(=O)O)N3C(=O)[C@@H](NC(=O)Cn4cnnn4)[C@H]3SC2)s1. The summed E-state index contributed by atoms with van der Waals surface area (Å²) in [6.45, 7) is 2.80. The van der Waals surface area contributed by atoms with E-state index in [2.05, 4.69) is 31.0 Å². The molecule has 17 heteroatoms. The third kappa shape index (κ3) is 6.05. The number of carboxylic acids is 2. The summed E-state index contributed by atoms with van der Waals surface area (Å²) in [5.41, 5.74) is 0.627. The van der Waals surface area contributed by atoms with Gasteiger partial charge in [0.2, 0.25) is 5.91 Å². The van der Waals surface area contributed by atoms with Crippen LogP contribution in [0.2, 0.25) is 0 Å². The summed E-state index contributed by atoms with van der Waals surface area (Å²) in [5.74, 6) is -2.02. The maximum Gasteiger partial charge on any atom is 0.352 e. The highest BCUT2D eigenvalue weighted by Gasteiger charge is 2.54. The molecule has 2 aromatic heterocycles. The summed E-state index contributed by atoms with van der Waals surface area (Å²) in [7, 11) is 0. The van der Waals surface area contributed by atoms with Gasteiger partial charge < -0.3 is 15.5 Å². The van der Waals surface area contributed by atoms with Gasteiger partial charge in [-0.1, -0.05) is 23.1 Å². The zero-order chi connectivity index (χ0) is 24.1. The number of carbonyl (C=O) groups excluding carboxylic acids is 2. The molecule has 2 aromatic rings. The van der Waals surface area contributed by atoms with E-state index in [1.165, 1.54) is 50.8 Å². The molecule has 2 aliphatic rings. The molecular weight excluding hydrogens is 496 g/mol. The summed E-state index contributed by atoms with van der Waals surface area (Å²) < 4.78 is 1.98. The Kier molecular flexibility index (Phi) is 7.98. The number of hydrogen-bond donors (Lipinski definition) is 3. The first-order valence-corrected chi connectivity index (χ1v) is 12.0. The number of nitrogens with zero attached hydrogens (tertiary/aromatic N) is 7. The van der Waals surface area contributed by atoms with Crippen molar-refractivity contribution in [3.63, 3.8) is 0 Å². The molecule has 0 radical (unpaired) electrons. The van der Waals surface area contributed by atoms with Crippen molar-refractivity contribution in [2.75, 3.05) is 11.5 Å². The van der Waals surface area contributed by atoms with Gasteiger partial charge in [0.15, 0.2) is 4.34 Å². The lowest BCUT2D eigenvalue weighted by molar-refractivity contribution is -0.150. The number of rotatable bonds is 7. The second-order valence-electron chi connectivity index (χ2n) is 6.61. The number of fused-ring (bicyclic) bond motifs is 1. The number of β-lactam (4-membered cyclic amide) rings is 1. The maximum atomic E-state index is 12.6. The van der Waals surface area contributed by atoms with Gasteiger partial charge in [-0.25, -0.2) is 9.48 Å². The number of aromatic nitrogens is 6. The fourth-order valence-electron chi connectivity index (χ4n) is 2.90. The first kappa shape index (κ1) is 24.6. The third-order valence-corrected chi connectivity index (χ3v) is 7.54. The second kappa shape index (κ2) is 10.7. The number of tetrazole rings is 1. The molecule has 0 unspecified atom stereocenters. The molecule has 1 saturated heterocycles. The van der Waals surface area contributed by atoms with Crippen molar-refractivity contribution in [3.8, 4) is 0 Å². The average Bonchev–Trinajstić information content (AvgIpc) is 3.40. The van der Waals surface area contributed by atoms with Crippen LogP contribution in [0.1, 0.15) is 11.9 Å². The molecule has 14 nitrogen and oxygen atoms in total. The molecule has 4 heterocycles. The molecular formula is C16H18N8O6S3.